The molecule has 0 radical (unpaired) electrons. The van der Waals surface area contributed by atoms with Crippen molar-refractivity contribution >= 4 is 17.5 Å². The predicted octanol–water partition coefficient (Wildman–Crippen LogP) is 4.79. The Bertz CT molecular complexity index is 1720. The molecule has 2 aliphatic heterocycles. The fourth-order valence-electron chi connectivity index (χ4n) is 5.93. The second kappa shape index (κ2) is 11.2. The van der Waals surface area contributed by atoms with E-state index in [1.807, 2.05) is 6.07 Å². The summed E-state index contributed by atoms with van der Waals surface area (Å²) < 4.78 is 30.7. The standard InChI is InChI=1S/C32H29ClFN5O4/c1-3-31(41,23-16-37-38(2)17-23)22-12-27-29(28(34)13-22)32(43-26-10-11-42-19-26,21-5-7-24(33)8-6-21)39(30(27)40)18-25-9-4-20(14-35)15-36-25/h4-9,12-13,15-17,26,41H,3,10-11,18-19H2,1-2H3/t26-,31+,32+/m0/s1. The molecule has 2 aliphatic rings. The molecule has 43 heavy (non-hydrogen) atoms. The lowest BCUT2D eigenvalue weighted by Crippen LogP contribution is -2.49. The van der Waals surface area contributed by atoms with Gasteiger partial charge in [0, 0.05) is 42.2 Å². The number of aryl methyl sites for hydroxylation is 1. The fraction of sp³-hybridized carbons (Fsp3) is 0.312. The molecule has 3 atom stereocenters. The third-order valence-electron chi connectivity index (χ3n) is 8.19. The van der Waals surface area contributed by atoms with E-state index in [0.717, 1.165) is 0 Å². The van der Waals surface area contributed by atoms with Crippen molar-refractivity contribution in [1.82, 2.24) is 19.7 Å². The Balaban J connectivity index is 1.58. The van der Waals surface area contributed by atoms with Crippen LogP contribution in [0.4, 0.5) is 4.39 Å². The van der Waals surface area contributed by atoms with Crippen LogP contribution in [0.5, 0.6) is 0 Å². The van der Waals surface area contributed by atoms with Crippen LogP contribution >= 0.6 is 11.6 Å². The van der Waals surface area contributed by atoms with E-state index < -0.39 is 29.2 Å². The van der Waals surface area contributed by atoms with Gasteiger partial charge in [-0.1, -0.05) is 30.7 Å². The van der Waals surface area contributed by atoms with Gasteiger partial charge < -0.3 is 14.6 Å². The Labute approximate surface area is 253 Å². The first-order valence-electron chi connectivity index (χ1n) is 13.9. The summed E-state index contributed by atoms with van der Waals surface area (Å²) in [4.78, 5) is 20.3. The number of halogens is 2. The molecule has 6 rings (SSSR count). The molecule has 4 heterocycles. The number of carbonyl (C=O) groups is 1. The van der Waals surface area contributed by atoms with Gasteiger partial charge in [0.15, 0.2) is 0 Å². The van der Waals surface area contributed by atoms with Crippen LogP contribution in [0.1, 0.15) is 63.6 Å². The zero-order valence-electron chi connectivity index (χ0n) is 23.6. The molecule has 9 nitrogen and oxygen atoms in total. The Kier molecular flexibility index (Phi) is 7.52. The quantitative estimate of drug-likeness (QED) is 0.309. The molecule has 1 amide bonds. The molecule has 0 saturated carbocycles. The van der Waals surface area contributed by atoms with Crippen molar-refractivity contribution in [2.45, 2.75) is 43.7 Å². The van der Waals surface area contributed by atoms with Gasteiger partial charge in [0.1, 0.15) is 17.5 Å². The number of nitriles is 1. The van der Waals surface area contributed by atoms with Gasteiger partial charge >= 0.3 is 0 Å². The van der Waals surface area contributed by atoms with Crippen LogP contribution in [0.15, 0.2) is 67.1 Å². The van der Waals surface area contributed by atoms with Gasteiger partial charge in [-0.2, -0.15) is 10.4 Å². The Morgan fingerprint density at radius 2 is 2.02 bits per heavy atom. The topological polar surface area (TPSA) is 114 Å². The largest absolute Gasteiger partial charge is 0.380 e. The summed E-state index contributed by atoms with van der Waals surface area (Å²) in [6.07, 6.45) is 4.95. The lowest BCUT2D eigenvalue weighted by atomic mass is 9.83. The van der Waals surface area contributed by atoms with Gasteiger partial charge in [-0.25, -0.2) is 4.39 Å². The summed E-state index contributed by atoms with van der Waals surface area (Å²) in [5, 5.41) is 25.7. The minimum Gasteiger partial charge on any atom is -0.380 e. The van der Waals surface area contributed by atoms with Crippen LogP contribution in [0.2, 0.25) is 5.02 Å². The van der Waals surface area contributed by atoms with E-state index in [2.05, 4.69) is 10.1 Å². The molecule has 2 aromatic heterocycles. The average molecular weight is 602 g/mol. The molecule has 1 N–H and O–H groups in total. The summed E-state index contributed by atoms with van der Waals surface area (Å²) in [5.41, 5.74) is -1.17. The molecular weight excluding hydrogens is 573 g/mol. The number of ether oxygens (including phenoxy) is 2. The third kappa shape index (κ3) is 4.88. The van der Waals surface area contributed by atoms with Crippen LogP contribution in [-0.2, 0) is 34.4 Å². The molecule has 4 aromatic rings. The number of hydrogen-bond donors (Lipinski definition) is 1. The number of fused-ring (bicyclic) bond motifs is 1. The third-order valence-corrected chi connectivity index (χ3v) is 8.44. The van der Waals surface area contributed by atoms with Gasteiger partial charge in [0.05, 0.1) is 47.8 Å². The number of pyridine rings is 1. The van der Waals surface area contributed by atoms with E-state index in [1.165, 1.54) is 23.4 Å². The molecule has 1 saturated heterocycles. The first kappa shape index (κ1) is 29.0. The van der Waals surface area contributed by atoms with Crippen molar-refractivity contribution in [3.63, 3.8) is 0 Å². The molecule has 220 valence electrons. The molecule has 2 aromatic carbocycles. The zero-order chi connectivity index (χ0) is 30.4. The monoisotopic (exact) mass is 601 g/mol. The van der Waals surface area contributed by atoms with Gasteiger partial charge in [-0.3, -0.25) is 19.4 Å². The Morgan fingerprint density at radius 3 is 2.63 bits per heavy atom. The minimum atomic E-state index is -1.70. The minimum absolute atomic E-state index is 0.0359. The van der Waals surface area contributed by atoms with Crippen LogP contribution in [0.3, 0.4) is 0 Å². The first-order valence-corrected chi connectivity index (χ1v) is 14.3. The molecule has 11 heteroatoms. The van der Waals surface area contributed by atoms with Crippen molar-refractivity contribution in [3.05, 3.63) is 117 Å². The summed E-state index contributed by atoms with van der Waals surface area (Å²) >= 11 is 6.25. The number of carbonyl (C=O) groups excluding carboxylic acids is 1. The number of nitrogens with zero attached hydrogens (tertiary/aromatic N) is 5. The number of aromatic nitrogens is 3. The van der Waals surface area contributed by atoms with E-state index in [1.54, 1.807) is 67.3 Å². The van der Waals surface area contributed by atoms with E-state index in [9.17, 15) is 15.2 Å². The van der Waals surface area contributed by atoms with Crippen molar-refractivity contribution in [1.29, 1.82) is 5.26 Å². The second-order valence-corrected chi connectivity index (χ2v) is 11.2. The fourth-order valence-corrected chi connectivity index (χ4v) is 6.06. The van der Waals surface area contributed by atoms with Crippen molar-refractivity contribution < 1.29 is 23.8 Å². The van der Waals surface area contributed by atoms with Crippen LogP contribution in [0.25, 0.3) is 0 Å². The Morgan fingerprint density at radius 1 is 1.23 bits per heavy atom. The van der Waals surface area contributed by atoms with Crippen LogP contribution in [-0.4, -0.2) is 50.0 Å². The molecular formula is C32H29ClFN5O4. The maximum Gasteiger partial charge on any atom is 0.257 e. The highest BCUT2D eigenvalue weighted by atomic mass is 35.5. The van der Waals surface area contributed by atoms with Crippen molar-refractivity contribution in [3.8, 4) is 6.07 Å². The summed E-state index contributed by atoms with van der Waals surface area (Å²) in [5.74, 6) is -1.21. The number of hydrogen-bond acceptors (Lipinski definition) is 7. The molecule has 1 fully saturated rings. The summed E-state index contributed by atoms with van der Waals surface area (Å²) in [6, 6.07) is 14.9. The summed E-state index contributed by atoms with van der Waals surface area (Å²) in [7, 11) is 1.73. The molecule has 0 aliphatic carbocycles. The second-order valence-electron chi connectivity index (χ2n) is 10.8. The SMILES string of the molecule is CC[C@@](O)(c1cc(F)c2c(c1)C(=O)N(Cc1ccc(C#N)cn1)[C@@]2(O[C@H]1CCOC1)c1ccc(Cl)cc1)c1cnn(C)c1. The normalized spacial score (nSPS) is 21.1. The van der Waals surface area contributed by atoms with E-state index in [4.69, 9.17) is 21.1 Å². The van der Waals surface area contributed by atoms with Gasteiger partial charge in [-0.15, -0.1) is 0 Å². The molecule has 0 spiro atoms. The van der Waals surface area contributed by atoms with Gasteiger partial charge in [-0.05, 0) is 54.8 Å². The zero-order valence-corrected chi connectivity index (χ0v) is 24.4. The lowest BCUT2D eigenvalue weighted by Gasteiger charge is -2.41. The first-order chi connectivity index (χ1) is 20.7. The van der Waals surface area contributed by atoms with E-state index >= 15 is 4.39 Å². The van der Waals surface area contributed by atoms with Crippen LogP contribution in [0, 0.1) is 17.1 Å². The highest BCUT2D eigenvalue weighted by Crippen LogP contribution is 2.50. The van der Waals surface area contributed by atoms with Crippen molar-refractivity contribution in [2.75, 3.05) is 13.2 Å². The smallest absolute Gasteiger partial charge is 0.257 e. The van der Waals surface area contributed by atoms with Gasteiger partial charge in [0.2, 0.25) is 5.72 Å². The average Bonchev–Trinajstić information content (AvgIpc) is 3.75. The molecule has 0 bridgehead atoms. The number of amides is 1. The summed E-state index contributed by atoms with van der Waals surface area (Å²) in [6.45, 7) is 2.47. The van der Waals surface area contributed by atoms with Crippen molar-refractivity contribution in [2.24, 2.45) is 7.05 Å². The maximum atomic E-state index is 16.8. The lowest BCUT2D eigenvalue weighted by molar-refractivity contribution is -0.148. The Hall–Kier alpha value is -4.14. The molecule has 0 unspecified atom stereocenters. The highest BCUT2D eigenvalue weighted by Gasteiger charge is 2.56. The van der Waals surface area contributed by atoms with E-state index in [-0.39, 0.29) is 36.3 Å². The number of rotatable bonds is 8. The highest BCUT2D eigenvalue weighted by molar-refractivity contribution is 6.30. The maximum absolute atomic E-state index is 16.8. The van der Waals surface area contributed by atoms with Gasteiger partial charge in [0.25, 0.3) is 5.91 Å². The number of benzene rings is 2. The predicted molar refractivity (Wildman–Crippen MR) is 154 cm³/mol. The van der Waals surface area contributed by atoms with E-state index in [0.29, 0.717) is 40.4 Å². The number of aliphatic hydroxyl groups is 1. The van der Waals surface area contributed by atoms with Crippen LogP contribution < -0.4 is 0 Å².